The molecule has 0 atom stereocenters. The van der Waals surface area contributed by atoms with E-state index in [-0.39, 0.29) is 5.91 Å². The van der Waals surface area contributed by atoms with E-state index in [4.69, 9.17) is 0 Å². The molecule has 3 heteroatoms. The Balaban J connectivity index is 1.88. The van der Waals surface area contributed by atoms with Crippen molar-refractivity contribution < 1.29 is 4.79 Å². The molecular formula is C16H24N2O. The molecule has 0 aromatic heterocycles. The molecule has 1 aliphatic carbocycles. The van der Waals surface area contributed by atoms with Crippen molar-refractivity contribution in [1.82, 2.24) is 5.32 Å². The molecule has 1 amide bonds. The highest BCUT2D eigenvalue weighted by molar-refractivity contribution is 5.90. The van der Waals surface area contributed by atoms with Crippen LogP contribution < -0.4 is 10.6 Å². The highest BCUT2D eigenvalue weighted by Crippen LogP contribution is 2.32. The van der Waals surface area contributed by atoms with Gasteiger partial charge in [0.1, 0.15) is 0 Å². The maximum absolute atomic E-state index is 11.6. The number of carbonyl (C=O) groups excluding carboxylic acids is 1. The summed E-state index contributed by atoms with van der Waals surface area (Å²) in [7, 11) is 1.85. The standard InChI is InChI=1S/C16H24N2O/c1-17-12-11-16(19)18-15-9-7-14(8-10-15)13-5-3-2-4-6-13/h7-10,13,17H,2-6,11-12H2,1H3,(H,18,19). The van der Waals surface area contributed by atoms with E-state index >= 15 is 0 Å². The lowest BCUT2D eigenvalue weighted by molar-refractivity contribution is -0.116. The maximum Gasteiger partial charge on any atom is 0.225 e. The minimum Gasteiger partial charge on any atom is -0.326 e. The molecule has 3 nitrogen and oxygen atoms in total. The van der Waals surface area contributed by atoms with E-state index in [1.165, 1.54) is 37.7 Å². The van der Waals surface area contributed by atoms with Crippen molar-refractivity contribution in [2.24, 2.45) is 0 Å². The van der Waals surface area contributed by atoms with E-state index in [0.717, 1.165) is 11.6 Å². The van der Waals surface area contributed by atoms with Crippen molar-refractivity contribution in [2.75, 3.05) is 18.9 Å². The Bertz CT molecular complexity index is 394. The third-order valence-corrected chi connectivity index (χ3v) is 3.87. The normalized spacial score (nSPS) is 16.3. The average Bonchev–Trinajstić information content (AvgIpc) is 2.47. The van der Waals surface area contributed by atoms with Crippen LogP contribution in [0.2, 0.25) is 0 Å². The van der Waals surface area contributed by atoms with Crippen LogP contribution in [-0.2, 0) is 4.79 Å². The quantitative estimate of drug-likeness (QED) is 0.853. The molecular weight excluding hydrogens is 236 g/mol. The fourth-order valence-corrected chi connectivity index (χ4v) is 2.74. The number of nitrogens with one attached hydrogen (secondary N) is 2. The summed E-state index contributed by atoms with van der Waals surface area (Å²) in [5.74, 6) is 0.794. The highest BCUT2D eigenvalue weighted by atomic mass is 16.1. The van der Waals surface area contributed by atoms with Gasteiger partial charge in [-0.25, -0.2) is 0 Å². The summed E-state index contributed by atoms with van der Waals surface area (Å²) in [5, 5.41) is 5.90. The Hall–Kier alpha value is -1.35. The first-order valence-electron chi connectivity index (χ1n) is 7.34. The fourth-order valence-electron chi connectivity index (χ4n) is 2.74. The fraction of sp³-hybridized carbons (Fsp3) is 0.562. The topological polar surface area (TPSA) is 41.1 Å². The predicted octanol–water partition coefficient (Wildman–Crippen LogP) is 3.28. The molecule has 104 valence electrons. The van der Waals surface area contributed by atoms with Gasteiger partial charge in [0.2, 0.25) is 5.91 Å². The second-order valence-corrected chi connectivity index (χ2v) is 5.36. The van der Waals surface area contributed by atoms with E-state index in [0.29, 0.717) is 13.0 Å². The first kappa shape index (κ1) is 14.1. The van der Waals surface area contributed by atoms with Crippen LogP contribution in [0.3, 0.4) is 0 Å². The Kier molecular flexibility index (Phi) is 5.40. The van der Waals surface area contributed by atoms with Gasteiger partial charge in [-0.2, -0.15) is 0 Å². The molecule has 0 radical (unpaired) electrons. The molecule has 1 aromatic carbocycles. The summed E-state index contributed by atoms with van der Waals surface area (Å²) in [6.45, 7) is 0.714. The van der Waals surface area contributed by atoms with Crippen molar-refractivity contribution >= 4 is 11.6 Å². The minimum absolute atomic E-state index is 0.0692. The van der Waals surface area contributed by atoms with Gasteiger partial charge in [-0.05, 0) is 43.5 Å². The van der Waals surface area contributed by atoms with Gasteiger partial charge >= 0.3 is 0 Å². The molecule has 2 rings (SSSR count). The molecule has 19 heavy (non-hydrogen) atoms. The Labute approximate surface area is 115 Å². The summed E-state index contributed by atoms with van der Waals surface area (Å²) in [5.41, 5.74) is 2.33. The minimum atomic E-state index is 0.0692. The molecule has 0 saturated heterocycles. The molecule has 0 heterocycles. The molecule has 0 spiro atoms. The third-order valence-electron chi connectivity index (χ3n) is 3.87. The van der Waals surface area contributed by atoms with E-state index in [1.54, 1.807) is 0 Å². The number of rotatable bonds is 5. The SMILES string of the molecule is CNCCC(=O)Nc1ccc(C2CCCCC2)cc1. The largest absolute Gasteiger partial charge is 0.326 e. The number of hydrogen-bond donors (Lipinski definition) is 2. The smallest absolute Gasteiger partial charge is 0.225 e. The zero-order valence-corrected chi connectivity index (χ0v) is 11.7. The monoisotopic (exact) mass is 260 g/mol. The van der Waals surface area contributed by atoms with Crippen LogP contribution in [0.15, 0.2) is 24.3 Å². The van der Waals surface area contributed by atoms with Crippen LogP contribution in [0.5, 0.6) is 0 Å². The first-order valence-corrected chi connectivity index (χ1v) is 7.34. The molecule has 1 aliphatic rings. The van der Waals surface area contributed by atoms with Crippen LogP contribution in [0.4, 0.5) is 5.69 Å². The molecule has 0 bridgehead atoms. The summed E-state index contributed by atoms with van der Waals surface area (Å²) in [6, 6.07) is 8.40. The first-order chi connectivity index (χ1) is 9.29. The van der Waals surface area contributed by atoms with Gasteiger partial charge in [-0.3, -0.25) is 4.79 Å². The Morgan fingerprint density at radius 1 is 1.16 bits per heavy atom. The number of amides is 1. The summed E-state index contributed by atoms with van der Waals surface area (Å²) in [6.07, 6.45) is 7.24. The van der Waals surface area contributed by atoms with Crippen LogP contribution in [0.1, 0.15) is 50.0 Å². The van der Waals surface area contributed by atoms with Gasteiger partial charge in [0.05, 0.1) is 0 Å². The average molecular weight is 260 g/mol. The van der Waals surface area contributed by atoms with Crippen molar-refractivity contribution in [2.45, 2.75) is 44.4 Å². The van der Waals surface area contributed by atoms with Crippen LogP contribution >= 0.6 is 0 Å². The zero-order valence-electron chi connectivity index (χ0n) is 11.7. The Morgan fingerprint density at radius 3 is 2.47 bits per heavy atom. The van der Waals surface area contributed by atoms with E-state index in [2.05, 4.69) is 22.8 Å². The van der Waals surface area contributed by atoms with Crippen molar-refractivity contribution in [3.05, 3.63) is 29.8 Å². The lowest BCUT2D eigenvalue weighted by Crippen LogP contribution is -2.18. The second-order valence-electron chi connectivity index (χ2n) is 5.36. The summed E-state index contributed by atoms with van der Waals surface area (Å²) < 4.78 is 0. The van der Waals surface area contributed by atoms with E-state index in [1.807, 2.05) is 19.2 Å². The zero-order chi connectivity index (χ0) is 13.5. The third kappa shape index (κ3) is 4.35. The molecule has 1 saturated carbocycles. The summed E-state index contributed by atoms with van der Waals surface area (Å²) >= 11 is 0. The lowest BCUT2D eigenvalue weighted by atomic mass is 9.84. The van der Waals surface area contributed by atoms with Gasteiger partial charge in [-0.15, -0.1) is 0 Å². The van der Waals surface area contributed by atoms with Gasteiger partial charge in [0.15, 0.2) is 0 Å². The molecule has 0 aliphatic heterocycles. The van der Waals surface area contributed by atoms with Crippen molar-refractivity contribution in [3.63, 3.8) is 0 Å². The maximum atomic E-state index is 11.6. The number of anilines is 1. The van der Waals surface area contributed by atoms with E-state index in [9.17, 15) is 4.79 Å². The highest BCUT2D eigenvalue weighted by Gasteiger charge is 2.15. The molecule has 0 unspecified atom stereocenters. The molecule has 2 N–H and O–H groups in total. The molecule has 1 aromatic rings. The van der Waals surface area contributed by atoms with Gasteiger partial charge < -0.3 is 10.6 Å². The van der Waals surface area contributed by atoms with E-state index < -0.39 is 0 Å². The van der Waals surface area contributed by atoms with Crippen molar-refractivity contribution in [3.8, 4) is 0 Å². The van der Waals surface area contributed by atoms with Gasteiger partial charge in [0.25, 0.3) is 0 Å². The lowest BCUT2D eigenvalue weighted by Gasteiger charge is -2.22. The predicted molar refractivity (Wildman–Crippen MR) is 79.4 cm³/mol. The van der Waals surface area contributed by atoms with Gasteiger partial charge in [0, 0.05) is 18.7 Å². The van der Waals surface area contributed by atoms with Crippen LogP contribution in [0, 0.1) is 0 Å². The van der Waals surface area contributed by atoms with Crippen molar-refractivity contribution in [1.29, 1.82) is 0 Å². The number of carbonyl (C=O) groups is 1. The van der Waals surface area contributed by atoms with Crippen LogP contribution in [-0.4, -0.2) is 19.5 Å². The van der Waals surface area contributed by atoms with Gasteiger partial charge in [-0.1, -0.05) is 31.4 Å². The summed E-state index contributed by atoms with van der Waals surface area (Å²) in [4.78, 5) is 11.6. The number of hydrogen-bond acceptors (Lipinski definition) is 2. The Morgan fingerprint density at radius 2 is 1.84 bits per heavy atom. The van der Waals surface area contributed by atoms with Crippen LogP contribution in [0.25, 0.3) is 0 Å². The second kappa shape index (κ2) is 7.29. The number of benzene rings is 1. The molecule has 1 fully saturated rings.